The number of likely N-dealkylation sites (N-methyl/N-ethyl adjacent to an activating group) is 1. The van der Waals surface area contributed by atoms with Crippen molar-refractivity contribution in [3.05, 3.63) is 62.6 Å². The summed E-state index contributed by atoms with van der Waals surface area (Å²) in [6.45, 7) is 7.06. The predicted molar refractivity (Wildman–Crippen MR) is 130 cm³/mol. The van der Waals surface area contributed by atoms with Gasteiger partial charge in [0.15, 0.2) is 0 Å². The summed E-state index contributed by atoms with van der Waals surface area (Å²) < 4.78 is 11.4. The molecule has 2 aromatic rings. The summed E-state index contributed by atoms with van der Waals surface area (Å²) in [4.78, 5) is 29.3. The van der Waals surface area contributed by atoms with E-state index < -0.39 is 0 Å². The van der Waals surface area contributed by atoms with Gasteiger partial charge in [-0.15, -0.1) is 0 Å². The second-order valence-corrected chi connectivity index (χ2v) is 8.77. The lowest BCUT2D eigenvalue weighted by molar-refractivity contribution is -0.121. The van der Waals surface area contributed by atoms with E-state index in [1.807, 2.05) is 30.3 Å². The minimum atomic E-state index is -0.386. The Bertz CT molecular complexity index is 1080. The molecule has 1 aromatic carbocycles. The van der Waals surface area contributed by atoms with Gasteiger partial charge in [-0.25, -0.2) is 0 Å². The van der Waals surface area contributed by atoms with Crippen molar-refractivity contribution in [1.29, 1.82) is 5.26 Å². The van der Waals surface area contributed by atoms with Gasteiger partial charge in [0.25, 0.3) is 5.56 Å². The Morgan fingerprint density at radius 1 is 1.32 bits per heavy atom. The van der Waals surface area contributed by atoms with Crippen LogP contribution in [0.15, 0.2) is 29.1 Å². The summed E-state index contributed by atoms with van der Waals surface area (Å²) in [5.74, 6) is 0.698. The predicted octanol–water partition coefficient (Wildman–Crippen LogP) is 2.60. The van der Waals surface area contributed by atoms with Crippen LogP contribution in [0.3, 0.4) is 0 Å². The molecule has 3 rings (SSSR count). The van der Waals surface area contributed by atoms with Crippen LogP contribution in [-0.2, 0) is 22.5 Å². The lowest BCUT2D eigenvalue weighted by atomic mass is 9.99. The molecular formula is C26H34N4O4. The quantitative estimate of drug-likeness (QED) is 0.557. The first-order chi connectivity index (χ1) is 16.4. The molecule has 1 fully saturated rings. The van der Waals surface area contributed by atoms with E-state index in [0.717, 1.165) is 49.5 Å². The second-order valence-electron chi connectivity index (χ2n) is 8.77. The average molecular weight is 467 g/mol. The number of amides is 1. The van der Waals surface area contributed by atoms with Gasteiger partial charge in [-0.2, -0.15) is 5.26 Å². The van der Waals surface area contributed by atoms with Gasteiger partial charge in [0.1, 0.15) is 24.0 Å². The number of nitriles is 1. The van der Waals surface area contributed by atoms with Gasteiger partial charge >= 0.3 is 0 Å². The van der Waals surface area contributed by atoms with Crippen LogP contribution in [0.5, 0.6) is 5.75 Å². The third kappa shape index (κ3) is 6.92. The van der Waals surface area contributed by atoms with E-state index in [9.17, 15) is 14.9 Å². The van der Waals surface area contributed by atoms with Crippen LogP contribution in [0, 0.1) is 25.2 Å². The highest BCUT2D eigenvalue weighted by molar-refractivity contribution is 5.76. The molecule has 1 saturated heterocycles. The van der Waals surface area contributed by atoms with Crippen LogP contribution in [0.25, 0.3) is 0 Å². The van der Waals surface area contributed by atoms with E-state index in [-0.39, 0.29) is 23.5 Å². The smallest absolute Gasteiger partial charge is 0.266 e. The molecule has 0 bridgehead atoms. The van der Waals surface area contributed by atoms with Crippen LogP contribution in [0.1, 0.15) is 47.2 Å². The third-order valence-electron chi connectivity index (χ3n) is 6.44. The molecule has 8 heteroatoms. The Labute approximate surface area is 200 Å². The van der Waals surface area contributed by atoms with Crippen molar-refractivity contribution in [3.63, 3.8) is 0 Å². The molecule has 0 saturated carbocycles. The summed E-state index contributed by atoms with van der Waals surface area (Å²) in [6.07, 6.45) is 2.85. The number of aromatic nitrogens is 1. The minimum Gasteiger partial charge on any atom is -0.492 e. The minimum absolute atomic E-state index is 0.0899. The molecule has 1 amide bonds. The Kier molecular flexibility index (Phi) is 9.25. The topological polar surface area (TPSA) is 107 Å². The van der Waals surface area contributed by atoms with Crippen LogP contribution < -0.4 is 15.6 Å². The largest absolute Gasteiger partial charge is 0.492 e. The van der Waals surface area contributed by atoms with Gasteiger partial charge in [0.05, 0.1) is 0 Å². The van der Waals surface area contributed by atoms with Crippen molar-refractivity contribution in [2.75, 3.05) is 33.4 Å². The maximum Gasteiger partial charge on any atom is 0.266 e. The van der Waals surface area contributed by atoms with Crippen molar-refractivity contribution < 1.29 is 14.3 Å². The maximum atomic E-state index is 12.4. The summed E-state index contributed by atoms with van der Waals surface area (Å²) in [7, 11) is 2.13. The number of nitrogens with zero attached hydrogens (tertiary/aromatic N) is 2. The van der Waals surface area contributed by atoms with E-state index >= 15 is 0 Å². The molecule has 0 radical (unpaired) electrons. The Balaban J connectivity index is 1.45. The molecule has 0 aliphatic carbocycles. The number of ether oxygens (including phenoxy) is 2. The van der Waals surface area contributed by atoms with E-state index in [2.05, 4.69) is 22.2 Å². The highest BCUT2D eigenvalue weighted by Gasteiger charge is 2.18. The normalized spacial score (nSPS) is 14.1. The van der Waals surface area contributed by atoms with Gasteiger partial charge in [0.2, 0.25) is 5.91 Å². The standard InChI is InChI=1S/C26H34N4O4/c1-18-23(19(2)29-26(32)24(18)16-27)7-8-25(31)28-17-20-5-4-6-22(15-20)34-14-11-30(3)21-9-12-33-13-10-21/h4-6,15,21H,7-14,17H2,1-3H3,(H,28,31)(H,29,32). The molecule has 2 heterocycles. The van der Waals surface area contributed by atoms with Gasteiger partial charge in [0, 0.05) is 44.5 Å². The molecular weight excluding hydrogens is 432 g/mol. The second kappa shape index (κ2) is 12.4. The third-order valence-corrected chi connectivity index (χ3v) is 6.44. The summed E-state index contributed by atoms with van der Waals surface area (Å²) in [5.41, 5.74) is 2.87. The lowest BCUT2D eigenvalue weighted by Gasteiger charge is -2.31. The number of carbonyl (C=O) groups excluding carboxylic acids is 1. The number of aromatic amines is 1. The van der Waals surface area contributed by atoms with Crippen molar-refractivity contribution in [3.8, 4) is 11.8 Å². The van der Waals surface area contributed by atoms with Crippen molar-refractivity contribution in [2.24, 2.45) is 0 Å². The highest BCUT2D eigenvalue weighted by Crippen LogP contribution is 2.17. The number of rotatable bonds is 10. The zero-order chi connectivity index (χ0) is 24.5. The zero-order valence-electron chi connectivity index (χ0n) is 20.3. The lowest BCUT2D eigenvalue weighted by Crippen LogP contribution is -2.38. The zero-order valence-corrected chi connectivity index (χ0v) is 20.3. The van der Waals surface area contributed by atoms with Crippen LogP contribution in [-0.4, -0.2) is 55.2 Å². The molecule has 182 valence electrons. The molecule has 1 aliphatic heterocycles. The molecule has 1 aliphatic rings. The molecule has 0 unspecified atom stereocenters. The van der Waals surface area contributed by atoms with Gasteiger partial charge in [-0.1, -0.05) is 12.1 Å². The first kappa shape index (κ1) is 25.5. The molecule has 34 heavy (non-hydrogen) atoms. The van der Waals surface area contributed by atoms with E-state index in [0.29, 0.717) is 36.9 Å². The number of hydrogen-bond donors (Lipinski definition) is 2. The summed E-state index contributed by atoms with van der Waals surface area (Å²) in [6, 6.07) is 10.2. The van der Waals surface area contributed by atoms with E-state index in [1.165, 1.54) is 0 Å². The fourth-order valence-electron chi connectivity index (χ4n) is 4.31. The summed E-state index contributed by atoms with van der Waals surface area (Å²) in [5, 5.41) is 12.1. The number of aryl methyl sites for hydroxylation is 1. The van der Waals surface area contributed by atoms with Crippen LogP contribution in [0.2, 0.25) is 0 Å². The first-order valence-corrected chi connectivity index (χ1v) is 11.8. The van der Waals surface area contributed by atoms with Crippen molar-refractivity contribution >= 4 is 5.91 Å². The first-order valence-electron chi connectivity index (χ1n) is 11.8. The number of carbonyl (C=O) groups is 1. The highest BCUT2D eigenvalue weighted by atomic mass is 16.5. The average Bonchev–Trinajstić information content (AvgIpc) is 2.83. The molecule has 0 atom stereocenters. The van der Waals surface area contributed by atoms with Crippen LogP contribution in [0.4, 0.5) is 0 Å². The van der Waals surface area contributed by atoms with Crippen molar-refractivity contribution in [1.82, 2.24) is 15.2 Å². The van der Waals surface area contributed by atoms with E-state index in [1.54, 1.807) is 13.8 Å². The Hall–Kier alpha value is -3.15. The fourth-order valence-corrected chi connectivity index (χ4v) is 4.31. The number of H-pyrrole nitrogens is 1. The van der Waals surface area contributed by atoms with Gasteiger partial charge in [-0.3, -0.25) is 14.5 Å². The van der Waals surface area contributed by atoms with Crippen molar-refractivity contribution in [2.45, 2.75) is 52.1 Å². The monoisotopic (exact) mass is 466 g/mol. The Morgan fingerprint density at radius 3 is 2.82 bits per heavy atom. The number of hydrogen-bond acceptors (Lipinski definition) is 6. The van der Waals surface area contributed by atoms with Gasteiger partial charge in [-0.05, 0) is 69.0 Å². The fraction of sp³-hybridized carbons (Fsp3) is 0.500. The molecule has 8 nitrogen and oxygen atoms in total. The SMILES string of the molecule is Cc1[nH]c(=O)c(C#N)c(C)c1CCC(=O)NCc1cccc(OCCN(C)C2CCOCC2)c1. The number of nitrogens with one attached hydrogen (secondary N) is 2. The summed E-state index contributed by atoms with van der Waals surface area (Å²) >= 11 is 0. The molecule has 1 aromatic heterocycles. The van der Waals surface area contributed by atoms with E-state index in [4.69, 9.17) is 9.47 Å². The molecule has 0 spiro atoms. The number of pyridine rings is 1. The maximum absolute atomic E-state index is 12.4. The molecule has 2 N–H and O–H groups in total. The van der Waals surface area contributed by atoms with Crippen LogP contribution >= 0.6 is 0 Å². The Morgan fingerprint density at radius 2 is 2.09 bits per heavy atom. The number of benzene rings is 1. The van der Waals surface area contributed by atoms with Gasteiger partial charge < -0.3 is 19.8 Å².